The molecule has 2 rings (SSSR count). The largest absolute Gasteiger partial charge is 0.393 e. The van der Waals surface area contributed by atoms with Gasteiger partial charge < -0.3 is 5.73 Å². The van der Waals surface area contributed by atoms with Crippen molar-refractivity contribution in [2.75, 3.05) is 26.2 Å². The van der Waals surface area contributed by atoms with Crippen LogP contribution < -0.4 is 5.73 Å². The van der Waals surface area contributed by atoms with Crippen molar-refractivity contribution in [2.45, 2.75) is 32.6 Å². The minimum Gasteiger partial charge on any atom is -0.393 e. The van der Waals surface area contributed by atoms with Crippen molar-refractivity contribution >= 4 is 27.4 Å². The highest BCUT2D eigenvalue weighted by Gasteiger charge is 2.35. The molecule has 0 radical (unpaired) electrons. The number of nitrogens with two attached hydrogens (primary N) is 1. The van der Waals surface area contributed by atoms with E-state index in [4.69, 9.17) is 18.0 Å². The summed E-state index contributed by atoms with van der Waals surface area (Å²) in [6, 6.07) is 0. The van der Waals surface area contributed by atoms with Crippen LogP contribution in [0.25, 0.3) is 0 Å². The molecule has 0 aliphatic carbocycles. The van der Waals surface area contributed by atoms with E-state index in [1.807, 2.05) is 0 Å². The standard InChI is InChI=1S/C12H23N3O2S2/c1-10-4-2-6-14(8-10)19(16,17)15-7-3-5-11(9-15)12(13)18/h10-11H,2-9H2,1H3,(H2,13,18). The van der Waals surface area contributed by atoms with Crippen molar-refractivity contribution in [1.29, 1.82) is 0 Å². The zero-order chi connectivity index (χ0) is 14.0. The Balaban J connectivity index is 2.08. The van der Waals surface area contributed by atoms with Gasteiger partial charge in [0.15, 0.2) is 0 Å². The Kier molecular flexibility index (Phi) is 4.81. The van der Waals surface area contributed by atoms with E-state index in [1.165, 1.54) is 0 Å². The summed E-state index contributed by atoms with van der Waals surface area (Å²) in [6.07, 6.45) is 3.80. The fourth-order valence-electron chi connectivity index (χ4n) is 2.90. The highest BCUT2D eigenvalue weighted by atomic mass is 32.2. The van der Waals surface area contributed by atoms with E-state index in [9.17, 15) is 8.42 Å². The van der Waals surface area contributed by atoms with Crippen LogP contribution in [0.15, 0.2) is 0 Å². The van der Waals surface area contributed by atoms with E-state index in [1.54, 1.807) is 8.61 Å². The van der Waals surface area contributed by atoms with Crippen LogP contribution in [-0.4, -0.2) is 48.2 Å². The average molecular weight is 305 g/mol. The van der Waals surface area contributed by atoms with Crippen molar-refractivity contribution in [2.24, 2.45) is 17.6 Å². The van der Waals surface area contributed by atoms with Gasteiger partial charge in [0, 0.05) is 32.1 Å². The Morgan fingerprint density at radius 3 is 2.32 bits per heavy atom. The van der Waals surface area contributed by atoms with Gasteiger partial charge in [-0.15, -0.1) is 0 Å². The molecule has 0 bridgehead atoms. The summed E-state index contributed by atoms with van der Waals surface area (Å²) in [5, 5.41) is 0. The molecule has 2 fully saturated rings. The molecule has 0 spiro atoms. The van der Waals surface area contributed by atoms with Crippen molar-refractivity contribution in [1.82, 2.24) is 8.61 Å². The van der Waals surface area contributed by atoms with Gasteiger partial charge >= 0.3 is 0 Å². The van der Waals surface area contributed by atoms with E-state index >= 15 is 0 Å². The van der Waals surface area contributed by atoms with Crippen LogP contribution in [0.5, 0.6) is 0 Å². The summed E-state index contributed by atoms with van der Waals surface area (Å²) >= 11 is 5.01. The lowest BCUT2D eigenvalue weighted by Crippen LogP contribution is -2.51. The van der Waals surface area contributed by atoms with Crippen LogP contribution in [-0.2, 0) is 10.2 Å². The molecule has 2 aliphatic heterocycles. The Morgan fingerprint density at radius 1 is 1.16 bits per heavy atom. The highest BCUT2D eigenvalue weighted by molar-refractivity contribution is 7.86. The van der Waals surface area contributed by atoms with Crippen LogP contribution in [0.4, 0.5) is 0 Å². The van der Waals surface area contributed by atoms with Gasteiger partial charge in [0.2, 0.25) is 0 Å². The summed E-state index contributed by atoms with van der Waals surface area (Å²) in [5.41, 5.74) is 5.67. The molecule has 2 N–H and O–H groups in total. The second-order valence-corrected chi connectivity index (χ2v) is 8.11. The smallest absolute Gasteiger partial charge is 0.282 e. The molecule has 0 aromatic rings. The molecule has 0 amide bonds. The number of hydrogen-bond donors (Lipinski definition) is 1. The first kappa shape index (κ1) is 15.2. The SMILES string of the molecule is CC1CCCN(S(=O)(=O)N2CCCC(C(N)=S)C2)C1. The summed E-state index contributed by atoms with van der Waals surface area (Å²) in [6.45, 7) is 4.42. The predicted octanol–water partition coefficient (Wildman–Crippen LogP) is 0.961. The van der Waals surface area contributed by atoms with Crippen LogP contribution in [0.3, 0.4) is 0 Å². The van der Waals surface area contributed by atoms with Crippen LogP contribution in [0.1, 0.15) is 32.6 Å². The zero-order valence-corrected chi connectivity index (χ0v) is 13.0. The Bertz CT molecular complexity index is 438. The fourth-order valence-corrected chi connectivity index (χ4v) is 4.95. The molecule has 7 heteroatoms. The lowest BCUT2D eigenvalue weighted by molar-refractivity contribution is 0.239. The molecular formula is C12H23N3O2S2. The maximum Gasteiger partial charge on any atom is 0.282 e. The van der Waals surface area contributed by atoms with Crippen molar-refractivity contribution < 1.29 is 8.42 Å². The van der Waals surface area contributed by atoms with E-state index in [2.05, 4.69) is 6.92 Å². The first-order chi connectivity index (χ1) is 8.91. The van der Waals surface area contributed by atoms with Gasteiger partial charge in [-0.1, -0.05) is 19.1 Å². The molecule has 5 nitrogen and oxygen atoms in total. The van der Waals surface area contributed by atoms with Crippen molar-refractivity contribution in [3.05, 3.63) is 0 Å². The van der Waals surface area contributed by atoms with Crippen molar-refractivity contribution in [3.8, 4) is 0 Å². The van der Waals surface area contributed by atoms with Gasteiger partial charge in [-0.3, -0.25) is 0 Å². The minimum absolute atomic E-state index is 0.0285. The summed E-state index contributed by atoms with van der Waals surface area (Å²) in [7, 11) is -3.33. The van der Waals surface area contributed by atoms with Gasteiger partial charge in [-0.2, -0.15) is 17.0 Å². The van der Waals surface area contributed by atoms with E-state index in [-0.39, 0.29) is 5.92 Å². The van der Waals surface area contributed by atoms with Crippen molar-refractivity contribution in [3.63, 3.8) is 0 Å². The number of nitrogens with zero attached hydrogens (tertiary/aromatic N) is 2. The lowest BCUT2D eigenvalue weighted by atomic mass is 10.0. The summed E-state index contributed by atoms with van der Waals surface area (Å²) in [5.74, 6) is 0.473. The topological polar surface area (TPSA) is 66.6 Å². The third-order valence-corrected chi connectivity index (χ3v) is 6.36. The number of piperidine rings is 2. The number of thiocarbonyl (C=S) groups is 1. The molecule has 0 saturated carbocycles. The van der Waals surface area contributed by atoms with Gasteiger partial charge in [0.05, 0.1) is 4.99 Å². The second kappa shape index (κ2) is 6.03. The molecule has 19 heavy (non-hydrogen) atoms. The second-order valence-electron chi connectivity index (χ2n) is 5.71. The molecule has 110 valence electrons. The normalized spacial score (nSPS) is 31.2. The number of rotatable bonds is 3. The predicted molar refractivity (Wildman–Crippen MR) is 80.0 cm³/mol. The first-order valence-corrected chi connectivity index (χ1v) is 8.76. The van der Waals surface area contributed by atoms with Gasteiger partial charge in [-0.25, -0.2) is 0 Å². The summed E-state index contributed by atoms with van der Waals surface area (Å²) in [4.78, 5) is 0.437. The third kappa shape index (κ3) is 3.45. The van der Waals surface area contributed by atoms with Gasteiger partial charge in [0.25, 0.3) is 10.2 Å². The molecule has 0 aromatic heterocycles. The zero-order valence-electron chi connectivity index (χ0n) is 11.4. The van der Waals surface area contributed by atoms with Crippen LogP contribution >= 0.6 is 12.2 Å². The molecule has 2 unspecified atom stereocenters. The Hall–Kier alpha value is -0.240. The van der Waals surface area contributed by atoms with Crippen LogP contribution in [0.2, 0.25) is 0 Å². The number of hydrogen-bond acceptors (Lipinski definition) is 3. The molecule has 2 aliphatic rings. The lowest BCUT2D eigenvalue weighted by Gasteiger charge is -2.37. The van der Waals surface area contributed by atoms with E-state index < -0.39 is 10.2 Å². The maximum absolute atomic E-state index is 12.6. The molecule has 2 atom stereocenters. The maximum atomic E-state index is 12.6. The van der Waals surface area contributed by atoms with Crippen LogP contribution in [0, 0.1) is 11.8 Å². The quantitative estimate of drug-likeness (QED) is 0.789. The first-order valence-electron chi connectivity index (χ1n) is 6.96. The fraction of sp³-hybridized carbons (Fsp3) is 0.917. The molecule has 0 aromatic carbocycles. The Morgan fingerprint density at radius 2 is 1.74 bits per heavy atom. The van der Waals surface area contributed by atoms with E-state index in [0.717, 1.165) is 25.7 Å². The average Bonchev–Trinajstić information content (AvgIpc) is 2.39. The molecular weight excluding hydrogens is 282 g/mol. The summed E-state index contributed by atoms with van der Waals surface area (Å²) < 4.78 is 28.4. The Labute approximate surface area is 121 Å². The minimum atomic E-state index is -3.33. The van der Waals surface area contributed by atoms with Gasteiger partial charge in [0.1, 0.15) is 0 Å². The molecule has 2 saturated heterocycles. The van der Waals surface area contributed by atoms with E-state index in [0.29, 0.717) is 37.1 Å². The third-order valence-electron chi connectivity index (χ3n) is 4.06. The van der Waals surface area contributed by atoms with Gasteiger partial charge in [-0.05, 0) is 31.6 Å². The monoisotopic (exact) mass is 305 g/mol. The molecule has 2 heterocycles. The highest BCUT2D eigenvalue weighted by Crippen LogP contribution is 2.25.